The first kappa shape index (κ1) is 17.4. The van der Waals surface area contributed by atoms with E-state index in [9.17, 15) is 0 Å². The molecule has 7 nitrogen and oxygen atoms in total. The van der Waals surface area contributed by atoms with E-state index in [1.807, 2.05) is 37.3 Å². The number of hydrogen-bond acceptors (Lipinski definition) is 7. The molecule has 0 aliphatic carbocycles. The van der Waals surface area contributed by atoms with Crippen LogP contribution in [0, 0.1) is 0 Å². The van der Waals surface area contributed by atoms with Gasteiger partial charge in [0, 0.05) is 38.1 Å². The molecule has 134 valence electrons. The summed E-state index contributed by atoms with van der Waals surface area (Å²) in [5.74, 6) is 2.24. The topological polar surface area (TPSA) is 71.5 Å². The van der Waals surface area contributed by atoms with Crippen molar-refractivity contribution in [2.24, 2.45) is 0 Å². The number of ether oxygens (including phenoxy) is 2. The van der Waals surface area contributed by atoms with E-state index < -0.39 is 0 Å². The van der Waals surface area contributed by atoms with Crippen molar-refractivity contribution in [1.82, 2.24) is 14.9 Å². The summed E-state index contributed by atoms with van der Waals surface area (Å²) in [6, 6.07) is 9.63. The zero-order chi connectivity index (χ0) is 17.3. The molecular formula is C18H25N5O2. The number of nitrogens with zero attached hydrogens (tertiary/aromatic N) is 3. The van der Waals surface area contributed by atoms with Crippen LogP contribution < -0.4 is 15.4 Å². The second kappa shape index (κ2) is 9.19. The van der Waals surface area contributed by atoms with Crippen LogP contribution in [0.5, 0.6) is 5.75 Å². The predicted molar refractivity (Wildman–Crippen MR) is 98.7 cm³/mol. The average Bonchev–Trinajstić information content (AvgIpc) is 2.65. The molecule has 2 aromatic rings. The van der Waals surface area contributed by atoms with E-state index in [0.717, 1.165) is 56.6 Å². The fourth-order valence-corrected chi connectivity index (χ4v) is 2.61. The van der Waals surface area contributed by atoms with Crippen LogP contribution in [0.25, 0.3) is 0 Å². The Hall–Kier alpha value is -2.38. The van der Waals surface area contributed by atoms with E-state index in [-0.39, 0.29) is 0 Å². The van der Waals surface area contributed by atoms with Gasteiger partial charge >= 0.3 is 0 Å². The van der Waals surface area contributed by atoms with E-state index in [0.29, 0.717) is 12.6 Å². The molecule has 1 saturated heterocycles. The van der Waals surface area contributed by atoms with Crippen molar-refractivity contribution in [2.45, 2.75) is 6.92 Å². The summed E-state index contributed by atoms with van der Waals surface area (Å²) >= 11 is 0. The Labute approximate surface area is 148 Å². The molecule has 0 amide bonds. The van der Waals surface area contributed by atoms with E-state index in [1.54, 1.807) is 6.20 Å². The summed E-state index contributed by atoms with van der Waals surface area (Å²) in [6.07, 6.45) is 1.75. The lowest BCUT2D eigenvalue weighted by Gasteiger charge is -2.26. The Balaban J connectivity index is 1.50. The van der Waals surface area contributed by atoms with E-state index >= 15 is 0 Å². The summed E-state index contributed by atoms with van der Waals surface area (Å²) in [5.41, 5.74) is 0.925. The molecule has 1 aliphatic rings. The van der Waals surface area contributed by atoms with Crippen molar-refractivity contribution in [3.05, 3.63) is 36.5 Å². The lowest BCUT2D eigenvalue weighted by molar-refractivity contribution is 0.0398. The maximum Gasteiger partial charge on any atom is 0.229 e. The normalized spacial score (nSPS) is 14.9. The highest BCUT2D eigenvalue weighted by Crippen LogP contribution is 2.18. The first-order chi connectivity index (χ1) is 12.3. The van der Waals surface area contributed by atoms with Crippen molar-refractivity contribution in [1.29, 1.82) is 0 Å². The van der Waals surface area contributed by atoms with Crippen LogP contribution in [0.15, 0.2) is 36.5 Å². The third-order valence-corrected chi connectivity index (χ3v) is 3.91. The minimum atomic E-state index is 0.570. The van der Waals surface area contributed by atoms with Crippen molar-refractivity contribution in [3.8, 4) is 5.75 Å². The Morgan fingerprint density at radius 1 is 1.16 bits per heavy atom. The molecule has 0 spiro atoms. The number of aromatic nitrogens is 2. The van der Waals surface area contributed by atoms with E-state index in [4.69, 9.17) is 9.47 Å². The third-order valence-electron chi connectivity index (χ3n) is 3.91. The number of hydrogen-bond donors (Lipinski definition) is 2. The lowest BCUT2D eigenvalue weighted by Crippen LogP contribution is -2.39. The van der Waals surface area contributed by atoms with E-state index in [2.05, 4.69) is 25.5 Å². The first-order valence-corrected chi connectivity index (χ1v) is 8.70. The highest BCUT2D eigenvalue weighted by Gasteiger charge is 2.09. The summed E-state index contributed by atoms with van der Waals surface area (Å²) in [4.78, 5) is 11.2. The largest absolute Gasteiger partial charge is 0.494 e. The molecule has 1 aromatic heterocycles. The molecule has 2 heterocycles. The molecule has 3 rings (SSSR count). The van der Waals surface area contributed by atoms with Gasteiger partial charge in [0.1, 0.15) is 11.6 Å². The molecule has 1 aromatic carbocycles. The van der Waals surface area contributed by atoms with Crippen molar-refractivity contribution in [2.75, 3.05) is 56.6 Å². The Bertz CT molecular complexity index is 644. The van der Waals surface area contributed by atoms with Gasteiger partial charge in [-0.1, -0.05) is 0 Å². The molecular weight excluding hydrogens is 318 g/mol. The molecule has 0 radical (unpaired) electrons. The van der Waals surface area contributed by atoms with E-state index in [1.165, 1.54) is 0 Å². The van der Waals surface area contributed by atoms with Crippen molar-refractivity contribution >= 4 is 17.5 Å². The monoisotopic (exact) mass is 343 g/mol. The first-order valence-electron chi connectivity index (χ1n) is 8.70. The quantitative estimate of drug-likeness (QED) is 0.762. The van der Waals surface area contributed by atoms with Crippen LogP contribution in [0.1, 0.15) is 6.92 Å². The molecule has 0 unspecified atom stereocenters. The number of rotatable bonds is 8. The van der Waals surface area contributed by atoms with Gasteiger partial charge in [-0.25, -0.2) is 4.98 Å². The minimum absolute atomic E-state index is 0.570. The highest BCUT2D eigenvalue weighted by molar-refractivity contribution is 5.55. The van der Waals surface area contributed by atoms with Crippen molar-refractivity contribution in [3.63, 3.8) is 0 Å². The van der Waals surface area contributed by atoms with Gasteiger partial charge in [0.25, 0.3) is 0 Å². The predicted octanol–water partition coefficient (Wildman–Crippen LogP) is 2.36. The van der Waals surface area contributed by atoms with Gasteiger partial charge in [-0.05, 0) is 37.3 Å². The molecule has 0 saturated carbocycles. The summed E-state index contributed by atoms with van der Waals surface area (Å²) < 4.78 is 10.8. The minimum Gasteiger partial charge on any atom is -0.494 e. The van der Waals surface area contributed by atoms with Crippen LogP contribution in [-0.4, -0.2) is 60.9 Å². The number of anilines is 3. The number of benzene rings is 1. The number of morpholine rings is 1. The van der Waals surface area contributed by atoms with Gasteiger partial charge in [0.15, 0.2) is 0 Å². The molecule has 1 aliphatic heterocycles. The summed E-state index contributed by atoms with van der Waals surface area (Å²) in [6.45, 7) is 8.10. The number of nitrogens with one attached hydrogen (secondary N) is 2. The van der Waals surface area contributed by atoms with Gasteiger partial charge in [-0.2, -0.15) is 4.98 Å². The average molecular weight is 343 g/mol. The van der Waals surface area contributed by atoms with Gasteiger partial charge in [-0.3, -0.25) is 4.90 Å². The maximum atomic E-state index is 5.44. The Morgan fingerprint density at radius 2 is 1.96 bits per heavy atom. The van der Waals surface area contributed by atoms with Gasteiger partial charge < -0.3 is 20.1 Å². The molecule has 0 atom stereocenters. The maximum absolute atomic E-state index is 5.44. The standard InChI is InChI=1S/C18H25N5O2/c1-2-25-16-5-3-15(4-6-16)21-18-20-8-7-17(22-18)19-9-10-23-11-13-24-14-12-23/h3-8H,2,9-14H2,1H3,(H2,19,20,21,22). The highest BCUT2D eigenvalue weighted by atomic mass is 16.5. The molecule has 0 bridgehead atoms. The van der Waals surface area contributed by atoms with Gasteiger partial charge in [0.05, 0.1) is 19.8 Å². The Kier molecular flexibility index (Phi) is 6.42. The summed E-state index contributed by atoms with van der Waals surface area (Å²) in [7, 11) is 0. The molecule has 1 fully saturated rings. The second-order valence-corrected chi connectivity index (χ2v) is 5.73. The van der Waals surface area contributed by atoms with Crippen LogP contribution in [-0.2, 0) is 4.74 Å². The van der Waals surface area contributed by atoms with Crippen LogP contribution in [0.4, 0.5) is 17.5 Å². The molecule has 25 heavy (non-hydrogen) atoms. The van der Waals surface area contributed by atoms with Gasteiger partial charge in [-0.15, -0.1) is 0 Å². The molecule has 7 heteroatoms. The van der Waals surface area contributed by atoms with Crippen LogP contribution in [0.3, 0.4) is 0 Å². The lowest BCUT2D eigenvalue weighted by atomic mass is 10.3. The SMILES string of the molecule is CCOc1ccc(Nc2nccc(NCCN3CCOCC3)n2)cc1. The Morgan fingerprint density at radius 3 is 2.72 bits per heavy atom. The van der Waals surface area contributed by atoms with Crippen LogP contribution >= 0.6 is 0 Å². The second-order valence-electron chi connectivity index (χ2n) is 5.73. The van der Waals surface area contributed by atoms with Gasteiger partial charge in [0.2, 0.25) is 5.95 Å². The van der Waals surface area contributed by atoms with Crippen LogP contribution in [0.2, 0.25) is 0 Å². The zero-order valence-corrected chi connectivity index (χ0v) is 14.6. The summed E-state index contributed by atoms with van der Waals surface area (Å²) in [5, 5.41) is 6.56. The third kappa shape index (κ3) is 5.58. The van der Waals surface area contributed by atoms with Crippen molar-refractivity contribution < 1.29 is 9.47 Å². The fraction of sp³-hybridized carbons (Fsp3) is 0.444. The molecule has 2 N–H and O–H groups in total. The smallest absolute Gasteiger partial charge is 0.229 e. The zero-order valence-electron chi connectivity index (χ0n) is 14.6. The fourth-order valence-electron chi connectivity index (χ4n) is 2.61.